The van der Waals surface area contributed by atoms with Crippen molar-refractivity contribution in [1.82, 2.24) is 0 Å². The Balaban J connectivity index is 2.15. The molecule has 130 valence electrons. The number of hydrogen-bond acceptors (Lipinski definition) is 2. The first-order valence-electron chi connectivity index (χ1n) is 8.34. The molecule has 1 aliphatic heterocycles. The normalized spacial score (nSPS) is 19.3. The molecular weight excluding hydrogens is 380 g/mol. The highest BCUT2D eigenvalue weighted by Gasteiger charge is 2.36. The highest BCUT2D eigenvalue weighted by atomic mass is 79.9. The maximum Gasteiger partial charge on any atom is 0.224 e. The number of amides is 2. The fraction of sp³-hybridized carbons (Fsp3) is 0.300. The maximum atomic E-state index is 12.5. The summed E-state index contributed by atoms with van der Waals surface area (Å²) in [6.45, 7) is 5.21. The van der Waals surface area contributed by atoms with Crippen molar-refractivity contribution < 1.29 is 9.59 Å². The summed E-state index contributed by atoms with van der Waals surface area (Å²) < 4.78 is 0.936. The van der Waals surface area contributed by atoms with Crippen LogP contribution in [0.15, 0.2) is 53.0 Å². The molecule has 0 unspecified atom stereocenters. The number of rotatable bonds is 2. The van der Waals surface area contributed by atoms with E-state index in [1.807, 2.05) is 65.3 Å². The topological polar surface area (TPSA) is 40.6 Å². The number of halogens is 1. The van der Waals surface area contributed by atoms with Crippen molar-refractivity contribution in [2.45, 2.75) is 39.3 Å². The summed E-state index contributed by atoms with van der Waals surface area (Å²) in [5, 5.41) is 0. The molecule has 5 heteroatoms. The molecule has 0 bridgehead atoms. The van der Waals surface area contributed by atoms with Gasteiger partial charge in [0.1, 0.15) is 0 Å². The Bertz CT molecular complexity index is 807. The fourth-order valence-corrected chi connectivity index (χ4v) is 4.08. The van der Waals surface area contributed by atoms with Crippen molar-refractivity contribution >= 4 is 39.1 Å². The van der Waals surface area contributed by atoms with Crippen LogP contribution in [0.3, 0.4) is 0 Å². The minimum atomic E-state index is -0.113. The van der Waals surface area contributed by atoms with Gasteiger partial charge in [0.15, 0.2) is 0 Å². The Morgan fingerprint density at radius 2 is 1.80 bits per heavy atom. The van der Waals surface area contributed by atoms with Crippen molar-refractivity contribution in [3.05, 3.63) is 58.6 Å². The third kappa shape index (κ3) is 3.33. The van der Waals surface area contributed by atoms with Crippen molar-refractivity contribution in [1.29, 1.82) is 0 Å². The molecule has 2 atom stereocenters. The predicted octanol–water partition coefficient (Wildman–Crippen LogP) is 4.69. The minimum absolute atomic E-state index is 0.00870. The van der Waals surface area contributed by atoms with Crippen LogP contribution in [-0.2, 0) is 9.59 Å². The number of anilines is 2. The Hall–Kier alpha value is -2.14. The standard InChI is InChI=1S/C20H21BrN2O2/c1-13-11-20(23(15(3)25)17-7-5-4-6-8-17)18-12-16(21)9-10-19(18)22(13)14(2)24/h4-10,12-13,20H,11H2,1-3H3/t13-,20+/m0/s1. The number of hydrogen-bond donors (Lipinski definition) is 0. The third-order valence-corrected chi connectivity index (χ3v) is 5.13. The lowest BCUT2D eigenvalue weighted by molar-refractivity contribution is -0.117. The smallest absolute Gasteiger partial charge is 0.224 e. The SMILES string of the molecule is CC(=O)N(c1ccccc1)[C@@H]1C[C@H](C)N(C(C)=O)c2ccc(Br)cc21. The van der Waals surface area contributed by atoms with Crippen molar-refractivity contribution in [3.63, 3.8) is 0 Å². The molecule has 2 aromatic carbocycles. The van der Waals surface area contributed by atoms with Crippen LogP contribution >= 0.6 is 15.9 Å². The molecule has 0 N–H and O–H groups in total. The van der Waals surface area contributed by atoms with Gasteiger partial charge in [-0.15, -0.1) is 0 Å². The summed E-state index contributed by atoms with van der Waals surface area (Å²) in [5.74, 6) is 0.00853. The highest BCUT2D eigenvalue weighted by molar-refractivity contribution is 9.10. The van der Waals surface area contributed by atoms with Gasteiger partial charge in [-0.2, -0.15) is 0 Å². The molecule has 2 aromatic rings. The Labute approximate surface area is 156 Å². The zero-order valence-electron chi connectivity index (χ0n) is 14.6. The average Bonchev–Trinajstić information content (AvgIpc) is 2.55. The van der Waals surface area contributed by atoms with Crippen molar-refractivity contribution in [2.75, 3.05) is 9.80 Å². The van der Waals surface area contributed by atoms with Gasteiger partial charge < -0.3 is 9.80 Å². The van der Waals surface area contributed by atoms with Gasteiger partial charge in [0.05, 0.1) is 6.04 Å². The van der Waals surface area contributed by atoms with Gasteiger partial charge in [-0.3, -0.25) is 9.59 Å². The Morgan fingerprint density at radius 3 is 2.40 bits per heavy atom. The molecule has 0 spiro atoms. The van der Waals surface area contributed by atoms with Crippen LogP contribution in [-0.4, -0.2) is 17.9 Å². The predicted molar refractivity (Wildman–Crippen MR) is 104 cm³/mol. The second-order valence-electron chi connectivity index (χ2n) is 6.42. The summed E-state index contributed by atoms with van der Waals surface area (Å²) in [5.41, 5.74) is 2.73. The molecule has 4 nitrogen and oxygen atoms in total. The average molecular weight is 401 g/mol. The first kappa shape index (κ1) is 17.7. The van der Waals surface area contributed by atoms with E-state index >= 15 is 0 Å². The van der Waals surface area contributed by atoms with Crippen LogP contribution in [0.1, 0.15) is 38.8 Å². The van der Waals surface area contributed by atoms with Crippen LogP contribution in [0, 0.1) is 0 Å². The van der Waals surface area contributed by atoms with Crippen LogP contribution in [0.25, 0.3) is 0 Å². The summed E-state index contributed by atoms with van der Waals surface area (Å²) in [4.78, 5) is 28.3. The maximum absolute atomic E-state index is 12.5. The third-order valence-electron chi connectivity index (χ3n) is 4.64. The quantitative estimate of drug-likeness (QED) is 0.733. The van der Waals surface area contributed by atoms with E-state index in [-0.39, 0.29) is 23.9 Å². The van der Waals surface area contributed by atoms with E-state index in [9.17, 15) is 9.59 Å². The zero-order valence-corrected chi connectivity index (χ0v) is 16.2. The number of carbonyl (C=O) groups excluding carboxylic acids is 2. The van der Waals surface area contributed by atoms with Gasteiger partial charge in [0.25, 0.3) is 0 Å². The van der Waals surface area contributed by atoms with E-state index in [0.717, 1.165) is 21.4 Å². The van der Waals surface area contributed by atoms with E-state index in [1.54, 1.807) is 13.8 Å². The lowest BCUT2D eigenvalue weighted by Gasteiger charge is -2.43. The molecule has 0 aliphatic carbocycles. The lowest BCUT2D eigenvalue weighted by Crippen LogP contribution is -2.46. The van der Waals surface area contributed by atoms with E-state index in [0.29, 0.717) is 6.42 Å². The lowest BCUT2D eigenvalue weighted by atomic mass is 9.90. The van der Waals surface area contributed by atoms with Crippen LogP contribution in [0.2, 0.25) is 0 Å². The molecule has 0 saturated carbocycles. The molecule has 2 amide bonds. The number of para-hydroxylation sites is 1. The molecule has 0 fully saturated rings. The molecule has 3 rings (SSSR count). The summed E-state index contributed by atoms with van der Waals surface area (Å²) in [7, 11) is 0. The number of carbonyl (C=O) groups is 2. The van der Waals surface area contributed by atoms with Gasteiger partial charge in [-0.25, -0.2) is 0 Å². The second kappa shape index (κ2) is 7.00. The summed E-state index contributed by atoms with van der Waals surface area (Å²) in [6.07, 6.45) is 0.692. The van der Waals surface area contributed by atoms with Crippen molar-refractivity contribution in [2.24, 2.45) is 0 Å². The van der Waals surface area contributed by atoms with Crippen LogP contribution in [0.4, 0.5) is 11.4 Å². The molecule has 0 aromatic heterocycles. The number of benzene rings is 2. The van der Waals surface area contributed by atoms with E-state index in [2.05, 4.69) is 15.9 Å². The van der Waals surface area contributed by atoms with Gasteiger partial charge >= 0.3 is 0 Å². The van der Waals surface area contributed by atoms with Gasteiger partial charge in [0.2, 0.25) is 11.8 Å². The van der Waals surface area contributed by atoms with E-state index in [4.69, 9.17) is 0 Å². The van der Waals surface area contributed by atoms with Crippen molar-refractivity contribution in [3.8, 4) is 0 Å². The van der Waals surface area contributed by atoms with Gasteiger partial charge in [0, 0.05) is 35.7 Å². The largest absolute Gasteiger partial charge is 0.309 e. The van der Waals surface area contributed by atoms with Gasteiger partial charge in [-0.05, 0) is 49.2 Å². The van der Waals surface area contributed by atoms with Crippen LogP contribution < -0.4 is 9.80 Å². The zero-order chi connectivity index (χ0) is 18.1. The molecule has 1 heterocycles. The Morgan fingerprint density at radius 1 is 1.12 bits per heavy atom. The highest BCUT2D eigenvalue weighted by Crippen LogP contribution is 2.43. The minimum Gasteiger partial charge on any atom is -0.309 e. The molecule has 25 heavy (non-hydrogen) atoms. The van der Waals surface area contributed by atoms with Gasteiger partial charge in [-0.1, -0.05) is 34.1 Å². The summed E-state index contributed by atoms with van der Waals surface area (Å²) >= 11 is 3.53. The molecule has 0 saturated heterocycles. The first-order valence-corrected chi connectivity index (χ1v) is 9.13. The van der Waals surface area contributed by atoms with Crippen LogP contribution in [0.5, 0.6) is 0 Å². The number of nitrogens with zero attached hydrogens (tertiary/aromatic N) is 2. The Kier molecular flexibility index (Phi) is 4.95. The summed E-state index contributed by atoms with van der Waals surface area (Å²) in [6, 6.07) is 15.5. The first-order chi connectivity index (χ1) is 11.9. The van der Waals surface area contributed by atoms with E-state index in [1.165, 1.54) is 0 Å². The molecule has 1 aliphatic rings. The fourth-order valence-electron chi connectivity index (χ4n) is 3.70. The monoisotopic (exact) mass is 400 g/mol. The second-order valence-corrected chi connectivity index (χ2v) is 7.33. The number of fused-ring (bicyclic) bond motifs is 1. The molecule has 0 radical (unpaired) electrons. The van der Waals surface area contributed by atoms with E-state index < -0.39 is 0 Å². The molecular formula is C20H21BrN2O2.